The minimum atomic E-state index is -0.549. The maximum absolute atomic E-state index is 12.5. The number of aromatic nitrogens is 3. The highest BCUT2D eigenvalue weighted by Gasteiger charge is 2.23. The number of rotatable bonds is 10. The van der Waals surface area contributed by atoms with Crippen molar-refractivity contribution in [2.45, 2.75) is 26.4 Å². The van der Waals surface area contributed by atoms with Crippen LogP contribution >= 0.6 is 21.6 Å². The molecule has 0 atom stereocenters. The van der Waals surface area contributed by atoms with Gasteiger partial charge in [0.05, 0.1) is 18.6 Å². The molecule has 4 aromatic rings. The molecule has 4 heterocycles. The predicted molar refractivity (Wildman–Crippen MR) is 169 cm³/mol. The second-order valence-corrected chi connectivity index (χ2v) is 13.2. The van der Waals surface area contributed by atoms with Gasteiger partial charge in [-0.05, 0) is 45.0 Å². The smallest absolute Gasteiger partial charge is 0.412 e. The van der Waals surface area contributed by atoms with Crippen molar-refractivity contribution in [3.8, 4) is 17.1 Å². The Labute approximate surface area is 257 Å². The van der Waals surface area contributed by atoms with E-state index < -0.39 is 17.8 Å². The molecule has 0 unspecified atom stereocenters. The molecule has 228 valence electrons. The average Bonchev–Trinajstić information content (AvgIpc) is 3.36. The topological polar surface area (TPSA) is 141 Å². The van der Waals surface area contributed by atoms with Gasteiger partial charge in [-0.25, -0.2) is 24.5 Å². The quantitative estimate of drug-likeness (QED) is 0.175. The van der Waals surface area contributed by atoms with Gasteiger partial charge in [-0.3, -0.25) is 0 Å². The van der Waals surface area contributed by atoms with Gasteiger partial charge < -0.3 is 34.2 Å². The van der Waals surface area contributed by atoms with Crippen LogP contribution in [-0.4, -0.2) is 83.6 Å². The van der Waals surface area contributed by atoms with Gasteiger partial charge in [0.25, 0.3) is 0 Å². The van der Waals surface area contributed by atoms with E-state index in [1.807, 2.05) is 39.0 Å². The molecule has 0 bridgehead atoms. The molecule has 14 heteroatoms. The third-order valence-electron chi connectivity index (χ3n) is 6.08. The highest BCUT2D eigenvalue weighted by atomic mass is 33.1. The molecule has 1 aliphatic heterocycles. The lowest BCUT2D eigenvalue weighted by Gasteiger charge is -2.27. The Balaban J connectivity index is 1.17. The van der Waals surface area contributed by atoms with E-state index in [1.165, 1.54) is 0 Å². The zero-order valence-corrected chi connectivity index (χ0v) is 25.9. The Hall–Kier alpha value is -3.75. The summed E-state index contributed by atoms with van der Waals surface area (Å²) in [6.45, 7) is 8.95. The Kier molecular flexibility index (Phi) is 10.1. The lowest BCUT2D eigenvalue weighted by molar-refractivity contribution is 0.0531. The molecule has 1 saturated heterocycles. The zero-order valence-electron chi connectivity index (χ0n) is 24.3. The second-order valence-electron chi connectivity index (χ2n) is 10.5. The molecule has 12 nitrogen and oxygen atoms in total. The number of furan rings is 1. The molecule has 3 aromatic heterocycles. The van der Waals surface area contributed by atoms with Crippen molar-refractivity contribution in [1.82, 2.24) is 25.6 Å². The Bertz CT molecular complexity index is 1570. The molecule has 1 fully saturated rings. The molecular weight excluding hydrogens is 592 g/mol. The second kappa shape index (κ2) is 14.1. The number of pyridine rings is 1. The molecule has 43 heavy (non-hydrogen) atoms. The van der Waals surface area contributed by atoms with Crippen molar-refractivity contribution in [2.24, 2.45) is 0 Å². The largest absolute Gasteiger partial charge is 0.444 e. The number of hydrogen-bond donors (Lipinski definition) is 2. The first-order valence-electron chi connectivity index (χ1n) is 13.9. The van der Waals surface area contributed by atoms with Crippen molar-refractivity contribution in [2.75, 3.05) is 55.8 Å². The molecule has 0 radical (unpaired) electrons. The first kappa shape index (κ1) is 30.7. The van der Waals surface area contributed by atoms with E-state index in [-0.39, 0.29) is 0 Å². The number of nitrogens with zero attached hydrogens (tertiary/aromatic N) is 4. The summed E-state index contributed by atoms with van der Waals surface area (Å²) in [6.07, 6.45) is 0.707. The van der Waals surface area contributed by atoms with Gasteiger partial charge in [0.2, 0.25) is 5.71 Å². The molecule has 1 aliphatic rings. The number of ether oxygens (including phenoxy) is 3. The lowest BCUT2D eigenvalue weighted by Crippen LogP contribution is -2.37. The Morgan fingerprint density at radius 3 is 2.49 bits per heavy atom. The Morgan fingerprint density at radius 2 is 1.74 bits per heavy atom. The van der Waals surface area contributed by atoms with Gasteiger partial charge in [0.1, 0.15) is 16.9 Å². The molecule has 0 saturated carbocycles. The fraction of sp³-hybridized carbons (Fsp3) is 0.414. The van der Waals surface area contributed by atoms with Crippen LogP contribution in [0.15, 0.2) is 47.0 Å². The summed E-state index contributed by atoms with van der Waals surface area (Å²) < 4.78 is 22.4. The van der Waals surface area contributed by atoms with Crippen LogP contribution < -0.4 is 20.3 Å². The number of alkyl carbamates (subject to hydrolysis) is 1. The van der Waals surface area contributed by atoms with E-state index in [9.17, 15) is 9.59 Å². The van der Waals surface area contributed by atoms with Crippen LogP contribution in [0.5, 0.6) is 5.75 Å². The number of amides is 2. The first-order chi connectivity index (χ1) is 20.8. The maximum atomic E-state index is 12.5. The number of carbonyl (C=O) groups is 2. The number of benzene rings is 1. The minimum Gasteiger partial charge on any atom is -0.444 e. The summed E-state index contributed by atoms with van der Waals surface area (Å²) in [6, 6.07) is 10.9. The summed E-state index contributed by atoms with van der Waals surface area (Å²) in [5.41, 5.74) is 1.94. The monoisotopic (exact) mass is 626 g/mol. The van der Waals surface area contributed by atoms with Crippen molar-refractivity contribution in [1.29, 1.82) is 0 Å². The molecule has 0 aliphatic carbocycles. The van der Waals surface area contributed by atoms with Crippen LogP contribution in [-0.2, 0) is 9.47 Å². The number of anilines is 1. The van der Waals surface area contributed by atoms with Gasteiger partial charge in [-0.1, -0.05) is 33.7 Å². The van der Waals surface area contributed by atoms with Crippen molar-refractivity contribution in [3.05, 3.63) is 42.6 Å². The summed E-state index contributed by atoms with van der Waals surface area (Å²) in [5, 5.41) is 6.29. The van der Waals surface area contributed by atoms with Gasteiger partial charge in [0.15, 0.2) is 17.2 Å². The van der Waals surface area contributed by atoms with Crippen molar-refractivity contribution >= 4 is 61.8 Å². The molecule has 5 rings (SSSR count). The number of carbonyl (C=O) groups excluding carboxylic acids is 2. The first-order valence-corrected chi connectivity index (χ1v) is 16.4. The van der Waals surface area contributed by atoms with Crippen LogP contribution in [0.1, 0.15) is 20.8 Å². The molecule has 0 spiro atoms. The number of nitrogens with one attached hydrogen (secondary N) is 2. The van der Waals surface area contributed by atoms with E-state index in [2.05, 4.69) is 20.5 Å². The van der Waals surface area contributed by atoms with Crippen molar-refractivity contribution < 1.29 is 28.2 Å². The van der Waals surface area contributed by atoms with Gasteiger partial charge >= 0.3 is 12.2 Å². The number of fused-ring (bicyclic) bond motifs is 3. The van der Waals surface area contributed by atoms with E-state index in [0.717, 1.165) is 5.39 Å². The summed E-state index contributed by atoms with van der Waals surface area (Å²) in [5.74, 6) is 2.94. The standard InChI is InChI=1S/C29H34N6O6S2/c1-29(2,3)41-28(37)32-11-17-43-42-16-10-31-27(36)39-20-7-4-6-19(18-20)24-33-22-21-8-5-9-30-26(21)40-23(22)25(34-24)35-12-14-38-15-13-35/h4-9,18H,10-17H2,1-3H3,(H,31,36)(H,32,37). The van der Waals surface area contributed by atoms with E-state index in [1.54, 1.807) is 46.0 Å². The maximum Gasteiger partial charge on any atom is 0.412 e. The molecule has 1 aromatic carbocycles. The van der Waals surface area contributed by atoms with Crippen molar-refractivity contribution in [3.63, 3.8) is 0 Å². The highest BCUT2D eigenvalue weighted by molar-refractivity contribution is 8.76. The fourth-order valence-electron chi connectivity index (χ4n) is 4.25. The van der Waals surface area contributed by atoms with Gasteiger partial charge in [0, 0.05) is 49.4 Å². The third kappa shape index (κ3) is 8.42. The van der Waals surface area contributed by atoms with Gasteiger partial charge in [-0.2, -0.15) is 0 Å². The van der Waals surface area contributed by atoms with Crippen LogP contribution in [0.4, 0.5) is 15.4 Å². The zero-order chi connectivity index (χ0) is 30.2. The van der Waals surface area contributed by atoms with Gasteiger partial charge in [-0.15, -0.1) is 0 Å². The van der Waals surface area contributed by atoms with E-state index in [4.69, 9.17) is 28.6 Å². The normalized spacial score (nSPS) is 13.7. The fourth-order valence-corrected chi connectivity index (χ4v) is 6.06. The minimum absolute atomic E-state index is 0.376. The summed E-state index contributed by atoms with van der Waals surface area (Å²) in [7, 11) is 3.20. The summed E-state index contributed by atoms with van der Waals surface area (Å²) in [4.78, 5) is 40.3. The lowest BCUT2D eigenvalue weighted by atomic mass is 10.2. The number of hydrogen-bond acceptors (Lipinski definition) is 12. The highest BCUT2D eigenvalue weighted by Crippen LogP contribution is 2.35. The molecule has 2 N–H and O–H groups in total. The average molecular weight is 627 g/mol. The summed E-state index contributed by atoms with van der Waals surface area (Å²) >= 11 is 0. The molecule has 2 amide bonds. The number of morpholine rings is 1. The van der Waals surface area contributed by atoms with Crippen LogP contribution in [0.3, 0.4) is 0 Å². The SMILES string of the molecule is CC(C)(C)OC(=O)NCCSSCCNC(=O)Oc1cccc(-c2nc(N3CCOCC3)c3oc4ncccc4c3n2)c1. The predicted octanol–water partition coefficient (Wildman–Crippen LogP) is 5.27. The van der Waals surface area contributed by atoms with Crippen LogP contribution in [0.2, 0.25) is 0 Å². The van der Waals surface area contributed by atoms with Crippen LogP contribution in [0, 0.1) is 0 Å². The van der Waals surface area contributed by atoms with Crippen LogP contribution in [0.25, 0.3) is 33.6 Å². The Morgan fingerprint density at radius 1 is 1.00 bits per heavy atom. The van der Waals surface area contributed by atoms with E-state index in [0.29, 0.717) is 90.7 Å². The molecular formula is C29H34N6O6S2. The van der Waals surface area contributed by atoms with E-state index >= 15 is 0 Å². The third-order valence-corrected chi connectivity index (χ3v) is 8.49.